The SMILES string of the molecule is CCOc1c(NC(=O)C(N=Nc2cccc(C(=O)Nc3ccc(CCCl)cc3)c2Cl)C(C)=O)ccc(NC(=O)C(N=Nc2cccc(C(=O)Nc3ccc(CCCl)cc3)c2Cl)C(C)=O)c1OCC. The molecule has 5 rings (SSSR count). The summed E-state index contributed by atoms with van der Waals surface area (Å²) in [5.41, 5.74) is 3.33. The number of nitrogens with one attached hydrogen (secondary N) is 4. The van der Waals surface area contributed by atoms with Gasteiger partial charge in [0.05, 0.1) is 45.8 Å². The summed E-state index contributed by atoms with van der Waals surface area (Å²) in [7, 11) is 0. The van der Waals surface area contributed by atoms with Crippen LogP contribution in [-0.4, -0.2) is 72.3 Å². The number of halogens is 4. The average molecular weight is 1000 g/mol. The Morgan fingerprint density at radius 3 is 1.22 bits per heavy atom. The molecule has 5 aromatic rings. The first kappa shape index (κ1) is 52.3. The number of aryl methyl sites for hydroxylation is 2. The van der Waals surface area contributed by atoms with Gasteiger partial charge in [-0.15, -0.1) is 23.2 Å². The van der Waals surface area contributed by atoms with Crippen LogP contribution >= 0.6 is 46.4 Å². The van der Waals surface area contributed by atoms with E-state index in [0.717, 1.165) is 25.0 Å². The van der Waals surface area contributed by atoms with E-state index in [1.165, 1.54) is 48.5 Å². The normalized spacial score (nSPS) is 12.0. The summed E-state index contributed by atoms with van der Waals surface area (Å²) in [5.74, 6) is -3.34. The molecule has 0 spiro atoms. The zero-order valence-electron chi connectivity index (χ0n) is 37.2. The highest BCUT2D eigenvalue weighted by molar-refractivity contribution is 6.37. The predicted octanol–water partition coefficient (Wildman–Crippen LogP) is 11.2. The quantitative estimate of drug-likeness (QED) is 0.0296. The summed E-state index contributed by atoms with van der Waals surface area (Å²) in [6, 6.07) is 22.7. The Morgan fingerprint density at radius 1 is 0.529 bits per heavy atom. The summed E-state index contributed by atoms with van der Waals surface area (Å²) in [4.78, 5) is 79.3. The van der Waals surface area contributed by atoms with Crippen molar-refractivity contribution in [1.29, 1.82) is 0 Å². The summed E-state index contributed by atoms with van der Waals surface area (Å²) < 4.78 is 11.8. The molecule has 0 aliphatic rings. The number of carbonyl (C=O) groups excluding carboxylic acids is 6. The Balaban J connectivity index is 1.33. The van der Waals surface area contributed by atoms with E-state index in [9.17, 15) is 28.8 Å². The molecule has 20 heteroatoms. The van der Waals surface area contributed by atoms with Gasteiger partial charge in [-0.1, -0.05) is 59.6 Å². The maximum Gasteiger partial charge on any atom is 0.258 e. The number of ketones is 2. The number of amides is 4. The van der Waals surface area contributed by atoms with Crippen molar-refractivity contribution in [3.8, 4) is 11.5 Å². The second-order valence-corrected chi connectivity index (χ2v) is 16.1. The molecule has 16 nitrogen and oxygen atoms in total. The third-order valence-corrected chi connectivity index (χ3v) is 10.8. The summed E-state index contributed by atoms with van der Waals surface area (Å²) in [6.07, 6.45) is 1.35. The molecule has 0 aliphatic carbocycles. The molecule has 2 atom stereocenters. The fourth-order valence-electron chi connectivity index (χ4n) is 6.28. The number of azo groups is 2. The van der Waals surface area contributed by atoms with E-state index in [2.05, 4.69) is 41.7 Å². The number of alkyl halides is 2. The van der Waals surface area contributed by atoms with Crippen molar-refractivity contribution in [2.24, 2.45) is 20.5 Å². The molecule has 0 saturated heterocycles. The predicted molar refractivity (Wildman–Crippen MR) is 265 cm³/mol. The molecule has 0 heterocycles. The van der Waals surface area contributed by atoms with E-state index in [0.29, 0.717) is 36.0 Å². The average Bonchev–Trinajstić information content (AvgIpc) is 3.30. The standard InChI is InChI=1S/C48H46Cl4N8O8/c1-5-67-43-37(55-47(65)41(27(3)61)59-57-35-11-7-9-33(39(35)51)45(63)53-31-17-13-29(14-18-31)23-25-49)21-22-38(44(43)68-6-2)56-48(66)42(28(4)62)60-58-36-12-8-10-34(40(36)52)46(64)54-32-19-15-30(16-20-32)24-26-50/h7-22,41-42H,5-6,23-26H2,1-4H3,(H,53,63)(H,54,64)(H,55,65)(H,56,66). The van der Waals surface area contributed by atoms with Crippen molar-refractivity contribution in [2.75, 3.05) is 46.2 Å². The number of nitrogens with zero attached hydrogens (tertiary/aromatic N) is 4. The van der Waals surface area contributed by atoms with Gasteiger partial charge in [0, 0.05) is 23.1 Å². The van der Waals surface area contributed by atoms with Gasteiger partial charge in [-0.05, 0) is 112 Å². The van der Waals surface area contributed by atoms with Crippen LogP contribution in [0.4, 0.5) is 34.1 Å². The number of hydrogen-bond donors (Lipinski definition) is 4. The second-order valence-electron chi connectivity index (χ2n) is 14.6. The molecule has 0 saturated carbocycles. The van der Waals surface area contributed by atoms with Gasteiger partial charge in [0.1, 0.15) is 11.4 Å². The van der Waals surface area contributed by atoms with Crippen LogP contribution in [0.3, 0.4) is 0 Å². The maximum absolute atomic E-state index is 13.7. The lowest BCUT2D eigenvalue weighted by molar-refractivity contribution is -0.127. The second kappa shape index (κ2) is 25.4. The minimum atomic E-state index is -1.68. The van der Waals surface area contributed by atoms with E-state index in [1.54, 1.807) is 38.1 Å². The maximum atomic E-state index is 13.7. The summed E-state index contributed by atoms with van der Waals surface area (Å²) in [6.45, 7) is 5.79. The first-order valence-electron chi connectivity index (χ1n) is 21.1. The van der Waals surface area contributed by atoms with Crippen molar-refractivity contribution in [3.05, 3.63) is 129 Å². The summed E-state index contributed by atoms with van der Waals surface area (Å²) in [5, 5.41) is 26.8. The van der Waals surface area contributed by atoms with Crippen LogP contribution in [0.15, 0.2) is 118 Å². The fourth-order valence-corrected chi connectivity index (χ4v) is 7.22. The highest BCUT2D eigenvalue weighted by Gasteiger charge is 2.29. The van der Waals surface area contributed by atoms with Gasteiger partial charge in [-0.2, -0.15) is 20.5 Å². The van der Waals surface area contributed by atoms with Gasteiger partial charge in [-0.3, -0.25) is 28.8 Å². The molecule has 0 bridgehead atoms. The number of hydrogen-bond acceptors (Lipinski definition) is 12. The zero-order valence-corrected chi connectivity index (χ0v) is 40.2. The van der Waals surface area contributed by atoms with Crippen molar-refractivity contribution in [2.45, 2.75) is 52.6 Å². The molecule has 4 amide bonds. The lowest BCUT2D eigenvalue weighted by Gasteiger charge is -2.20. The van der Waals surface area contributed by atoms with Gasteiger partial charge in [0.25, 0.3) is 23.6 Å². The molecule has 0 aliphatic heterocycles. The molecule has 0 fully saturated rings. The number of Topliss-reactive ketones (excluding diaryl/α,β-unsaturated/α-hetero) is 2. The van der Waals surface area contributed by atoms with Gasteiger partial charge >= 0.3 is 0 Å². The molecule has 68 heavy (non-hydrogen) atoms. The van der Waals surface area contributed by atoms with E-state index < -0.39 is 47.3 Å². The summed E-state index contributed by atoms with van der Waals surface area (Å²) >= 11 is 24.8. The van der Waals surface area contributed by atoms with Gasteiger partial charge in [-0.25, -0.2) is 0 Å². The monoisotopic (exact) mass is 1000 g/mol. The largest absolute Gasteiger partial charge is 0.488 e. The van der Waals surface area contributed by atoms with Crippen LogP contribution in [-0.2, 0) is 32.0 Å². The lowest BCUT2D eigenvalue weighted by Crippen LogP contribution is -2.32. The zero-order chi connectivity index (χ0) is 49.3. The number of rotatable bonds is 22. The molecular weight excluding hydrogens is 958 g/mol. The molecule has 5 aromatic carbocycles. The third kappa shape index (κ3) is 13.9. The molecule has 354 valence electrons. The third-order valence-electron chi connectivity index (χ3n) is 9.67. The molecule has 0 aromatic heterocycles. The molecule has 0 radical (unpaired) electrons. The smallest absolute Gasteiger partial charge is 0.258 e. The van der Waals surface area contributed by atoms with Crippen LogP contribution in [0, 0.1) is 0 Å². The number of benzene rings is 5. The van der Waals surface area contributed by atoms with Gasteiger partial charge in [0.15, 0.2) is 23.1 Å². The van der Waals surface area contributed by atoms with Crippen LogP contribution in [0.2, 0.25) is 10.0 Å². The van der Waals surface area contributed by atoms with Crippen LogP contribution in [0.25, 0.3) is 0 Å². The first-order valence-corrected chi connectivity index (χ1v) is 22.9. The van der Waals surface area contributed by atoms with E-state index >= 15 is 0 Å². The van der Waals surface area contributed by atoms with E-state index in [-0.39, 0.29) is 68.6 Å². The Morgan fingerprint density at radius 2 is 0.897 bits per heavy atom. The highest BCUT2D eigenvalue weighted by Crippen LogP contribution is 2.42. The Bertz CT molecular complexity index is 2530. The molecule has 4 N–H and O–H groups in total. The number of ether oxygens (including phenoxy) is 2. The van der Waals surface area contributed by atoms with Crippen LogP contribution < -0.4 is 30.7 Å². The van der Waals surface area contributed by atoms with Crippen molar-refractivity contribution in [3.63, 3.8) is 0 Å². The van der Waals surface area contributed by atoms with E-state index in [4.69, 9.17) is 55.9 Å². The topological polar surface area (TPSA) is 218 Å². The minimum absolute atomic E-state index is 0.0216. The Kier molecular flexibility index (Phi) is 19.5. The number of anilines is 4. The molecular formula is C48H46Cl4N8O8. The Hall–Kier alpha value is -6.72. The minimum Gasteiger partial charge on any atom is -0.488 e. The lowest BCUT2D eigenvalue weighted by atomic mass is 10.1. The van der Waals surface area contributed by atoms with Gasteiger partial charge < -0.3 is 30.7 Å². The van der Waals surface area contributed by atoms with Crippen molar-refractivity contribution >= 4 is 116 Å². The van der Waals surface area contributed by atoms with Crippen molar-refractivity contribution in [1.82, 2.24) is 0 Å². The van der Waals surface area contributed by atoms with Gasteiger partial charge in [0.2, 0.25) is 12.1 Å². The highest BCUT2D eigenvalue weighted by atomic mass is 35.5. The van der Waals surface area contributed by atoms with Crippen LogP contribution in [0.5, 0.6) is 11.5 Å². The van der Waals surface area contributed by atoms with Crippen molar-refractivity contribution < 1.29 is 38.2 Å². The number of carbonyl (C=O) groups is 6. The first-order chi connectivity index (χ1) is 32.7. The molecule has 2 unspecified atom stereocenters. The fraction of sp³-hybridized carbons (Fsp3) is 0.250. The Labute approximate surface area is 412 Å². The van der Waals surface area contributed by atoms with Crippen LogP contribution in [0.1, 0.15) is 59.5 Å². The van der Waals surface area contributed by atoms with E-state index in [1.807, 2.05) is 24.3 Å².